The van der Waals surface area contributed by atoms with Crippen LogP contribution in [-0.2, 0) is 10.7 Å². The van der Waals surface area contributed by atoms with E-state index in [0.29, 0.717) is 0 Å². The third-order valence-electron chi connectivity index (χ3n) is 2.01. The number of fused-ring (bicyclic) bond motifs is 1. The Balaban J connectivity index is 2.84. The van der Waals surface area contributed by atoms with Crippen molar-refractivity contribution in [1.29, 1.82) is 0 Å². The van der Waals surface area contributed by atoms with Crippen LogP contribution in [0.1, 0.15) is 0 Å². The van der Waals surface area contributed by atoms with E-state index in [-0.39, 0.29) is 9.92 Å². The molecule has 0 radical (unpaired) electrons. The molecule has 0 aromatic heterocycles. The summed E-state index contributed by atoms with van der Waals surface area (Å²) in [5.41, 5.74) is 0. The Kier molecular flexibility index (Phi) is 2.44. The van der Waals surface area contributed by atoms with Crippen LogP contribution in [0, 0.1) is 0 Å². The van der Waals surface area contributed by atoms with E-state index in [0.717, 1.165) is 10.8 Å². The van der Waals surface area contributed by atoms with E-state index in [1.54, 1.807) is 12.1 Å². The molecule has 0 aliphatic rings. The second-order valence-electron chi connectivity index (χ2n) is 2.91. The monoisotopic (exact) mass is 226 g/mol. The lowest BCUT2D eigenvalue weighted by atomic mass is 10.1. The molecule has 0 amide bonds. The summed E-state index contributed by atoms with van der Waals surface area (Å²) in [6, 6.07) is 10.7. The molecule has 14 heavy (non-hydrogen) atoms. The van der Waals surface area contributed by atoms with E-state index in [1.807, 2.05) is 24.3 Å². The fourth-order valence-corrected chi connectivity index (χ4v) is 2.20. The van der Waals surface area contributed by atoms with Crippen molar-refractivity contribution in [3.8, 4) is 0 Å². The quantitative estimate of drug-likeness (QED) is 0.758. The van der Waals surface area contributed by atoms with Gasteiger partial charge in [-0.1, -0.05) is 35.9 Å². The number of hydrogen-bond acceptors (Lipinski definition) is 2. The fourth-order valence-electron chi connectivity index (χ4n) is 1.34. The zero-order valence-corrected chi connectivity index (χ0v) is 8.76. The summed E-state index contributed by atoms with van der Waals surface area (Å²) in [7, 11) is -2.62. The smallest absolute Gasteiger partial charge is 0.169 e. The van der Waals surface area contributed by atoms with Gasteiger partial charge in [-0.3, -0.25) is 0 Å². The second-order valence-corrected chi connectivity index (χ2v) is 4.31. The molecule has 0 atom stereocenters. The zero-order valence-electron chi connectivity index (χ0n) is 7.11. The Labute approximate surface area is 88.1 Å². The lowest BCUT2D eigenvalue weighted by Gasteiger charge is -2.00. The first-order valence-electron chi connectivity index (χ1n) is 4.01. The molecule has 2 nitrogen and oxygen atoms in total. The molecule has 0 aliphatic carbocycles. The Hall–Kier alpha value is -1.06. The maximum absolute atomic E-state index is 10.8. The molecule has 2 rings (SSSR count). The van der Waals surface area contributed by atoms with E-state index >= 15 is 0 Å². The summed E-state index contributed by atoms with van der Waals surface area (Å²) in [5.74, 6) is 0. The van der Waals surface area contributed by atoms with Crippen LogP contribution in [0.15, 0.2) is 41.3 Å². The first-order valence-corrected chi connectivity index (χ1v) is 5.57. The van der Waals surface area contributed by atoms with Gasteiger partial charge in [0.1, 0.15) is 0 Å². The van der Waals surface area contributed by atoms with Gasteiger partial charge in [-0.25, -0.2) is 8.42 Å². The van der Waals surface area contributed by atoms with Crippen LogP contribution in [-0.4, -0.2) is 8.42 Å². The zero-order chi connectivity index (χ0) is 10.1. The normalized spacial score (nSPS) is 11.0. The maximum Gasteiger partial charge on any atom is 0.169 e. The largest absolute Gasteiger partial charge is 0.227 e. The van der Waals surface area contributed by atoms with Crippen LogP contribution in [0.3, 0.4) is 0 Å². The molecule has 0 saturated heterocycles. The highest BCUT2D eigenvalue weighted by Crippen LogP contribution is 2.24. The van der Waals surface area contributed by atoms with E-state index < -0.39 is 10.7 Å². The molecule has 2 aromatic carbocycles. The molecule has 0 aliphatic heterocycles. The molecule has 4 heteroatoms. The van der Waals surface area contributed by atoms with Crippen molar-refractivity contribution in [2.45, 2.75) is 4.90 Å². The SMILES string of the molecule is O=[SH](=O)c1cc2ccccc2cc1Cl. The Morgan fingerprint density at radius 1 is 1.00 bits per heavy atom. The minimum absolute atomic E-state index is 0.181. The number of benzene rings is 2. The molecule has 0 unspecified atom stereocenters. The molecule has 0 saturated carbocycles. The third-order valence-corrected chi connectivity index (χ3v) is 3.22. The molecule has 0 bridgehead atoms. The van der Waals surface area contributed by atoms with Gasteiger partial charge in [0.15, 0.2) is 10.7 Å². The Morgan fingerprint density at radius 2 is 1.57 bits per heavy atom. The number of hydrogen-bond donors (Lipinski definition) is 1. The van der Waals surface area contributed by atoms with Crippen molar-refractivity contribution in [3.63, 3.8) is 0 Å². The standard InChI is InChI=1S/C10H7ClO2S/c11-9-5-7-3-1-2-4-8(7)6-10(9)14(12)13/h1-6,14H. The van der Waals surface area contributed by atoms with Crippen molar-refractivity contribution in [2.24, 2.45) is 0 Å². The molecule has 0 N–H and O–H groups in total. The van der Waals surface area contributed by atoms with Crippen molar-refractivity contribution >= 4 is 33.1 Å². The van der Waals surface area contributed by atoms with Gasteiger partial charge in [-0.2, -0.15) is 0 Å². The summed E-state index contributed by atoms with van der Waals surface area (Å²) in [5, 5.41) is 2.10. The van der Waals surface area contributed by atoms with Crippen LogP contribution in [0.25, 0.3) is 10.8 Å². The minimum atomic E-state index is -2.62. The van der Waals surface area contributed by atoms with Gasteiger partial charge in [0.2, 0.25) is 0 Å². The Bertz CT molecular complexity index is 553. The van der Waals surface area contributed by atoms with Gasteiger partial charge < -0.3 is 0 Å². The van der Waals surface area contributed by atoms with E-state index in [1.165, 1.54) is 0 Å². The molecular weight excluding hydrogens is 220 g/mol. The average molecular weight is 227 g/mol. The summed E-state index contributed by atoms with van der Waals surface area (Å²) < 4.78 is 21.6. The second kappa shape index (κ2) is 3.59. The molecule has 0 fully saturated rings. The predicted octanol–water partition coefficient (Wildman–Crippen LogP) is 2.46. The van der Waals surface area contributed by atoms with Crippen LogP contribution in [0.4, 0.5) is 0 Å². The van der Waals surface area contributed by atoms with E-state index in [4.69, 9.17) is 11.6 Å². The van der Waals surface area contributed by atoms with Gasteiger partial charge in [-0.15, -0.1) is 0 Å². The van der Waals surface area contributed by atoms with Crippen LogP contribution in [0.2, 0.25) is 5.02 Å². The molecule has 2 aromatic rings. The van der Waals surface area contributed by atoms with E-state index in [9.17, 15) is 8.42 Å². The average Bonchev–Trinajstić information content (AvgIpc) is 2.16. The fraction of sp³-hybridized carbons (Fsp3) is 0. The summed E-state index contributed by atoms with van der Waals surface area (Å²) in [4.78, 5) is 0.181. The minimum Gasteiger partial charge on any atom is -0.227 e. The van der Waals surface area contributed by atoms with Crippen LogP contribution in [0.5, 0.6) is 0 Å². The molecule has 72 valence electrons. The summed E-state index contributed by atoms with van der Waals surface area (Å²) in [6.07, 6.45) is 0. The molecular formula is C10H7ClO2S. The van der Waals surface area contributed by atoms with Gasteiger partial charge in [0, 0.05) is 0 Å². The highest BCUT2D eigenvalue weighted by molar-refractivity contribution is 7.72. The topological polar surface area (TPSA) is 34.1 Å². The lowest BCUT2D eigenvalue weighted by molar-refractivity contribution is 0.615. The Morgan fingerprint density at radius 3 is 2.14 bits per heavy atom. The van der Waals surface area contributed by atoms with Gasteiger partial charge in [0.25, 0.3) is 0 Å². The summed E-state index contributed by atoms with van der Waals surface area (Å²) in [6.45, 7) is 0. The van der Waals surface area contributed by atoms with Crippen molar-refractivity contribution in [3.05, 3.63) is 41.4 Å². The first kappa shape index (κ1) is 9.49. The number of thiol groups is 1. The predicted molar refractivity (Wildman–Crippen MR) is 57.5 cm³/mol. The van der Waals surface area contributed by atoms with Crippen molar-refractivity contribution in [2.75, 3.05) is 0 Å². The maximum atomic E-state index is 10.8. The van der Waals surface area contributed by atoms with Crippen LogP contribution < -0.4 is 0 Å². The number of rotatable bonds is 1. The molecule has 0 heterocycles. The summed E-state index contributed by atoms with van der Waals surface area (Å²) >= 11 is 5.81. The van der Waals surface area contributed by atoms with E-state index in [2.05, 4.69) is 0 Å². The lowest BCUT2D eigenvalue weighted by Crippen LogP contribution is -1.83. The van der Waals surface area contributed by atoms with Gasteiger partial charge in [0.05, 0.1) is 9.92 Å². The van der Waals surface area contributed by atoms with Crippen molar-refractivity contribution in [1.82, 2.24) is 0 Å². The van der Waals surface area contributed by atoms with Crippen LogP contribution >= 0.6 is 11.6 Å². The van der Waals surface area contributed by atoms with Gasteiger partial charge >= 0.3 is 0 Å². The highest BCUT2D eigenvalue weighted by Gasteiger charge is 2.04. The highest BCUT2D eigenvalue weighted by atomic mass is 35.5. The first-order chi connectivity index (χ1) is 6.68. The van der Waals surface area contributed by atoms with Crippen molar-refractivity contribution < 1.29 is 8.42 Å². The third kappa shape index (κ3) is 1.61. The molecule has 0 spiro atoms. The van der Waals surface area contributed by atoms with Gasteiger partial charge in [-0.05, 0) is 22.9 Å². The number of halogens is 1.